The molecule has 0 saturated carbocycles. The van der Waals surface area contributed by atoms with Crippen molar-refractivity contribution in [2.45, 2.75) is 32.1 Å². The minimum Gasteiger partial charge on any atom is -0.237 e. The van der Waals surface area contributed by atoms with Gasteiger partial charge in [-0.3, -0.25) is 0 Å². The van der Waals surface area contributed by atoms with Gasteiger partial charge in [-0.1, -0.05) is 32.6 Å². The van der Waals surface area contributed by atoms with E-state index < -0.39 is 0 Å². The summed E-state index contributed by atoms with van der Waals surface area (Å²) in [5.74, 6) is 0. The van der Waals surface area contributed by atoms with E-state index in [1.807, 2.05) is 0 Å². The molecule has 0 heterocycles. The van der Waals surface area contributed by atoms with Crippen LogP contribution in [0.1, 0.15) is 32.1 Å². The van der Waals surface area contributed by atoms with Crippen molar-refractivity contribution < 1.29 is 5.11 Å². The van der Waals surface area contributed by atoms with E-state index in [1.54, 1.807) is 0 Å². The number of rotatable bonds is 5. The molecule has 48 valence electrons. The van der Waals surface area contributed by atoms with Crippen LogP contribution >= 0.6 is 0 Å². The molecule has 0 rings (SSSR count). The first-order valence-electron chi connectivity index (χ1n) is 3.29. The Kier molecular flexibility index (Phi) is 6.93. The van der Waals surface area contributed by atoms with Gasteiger partial charge in [0.1, 0.15) is 0 Å². The van der Waals surface area contributed by atoms with Crippen LogP contribution in [0, 0.1) is 6.92 Å². The van der Waals surface area contributed by atoms with Gasteiger partial charge in [0.2, 0.25) is 0 Å². The molecular weight excluding hydrogens is 100 g/mol. The summed E-state index contributed by atoms with van der Waals surface area (Å²) in [7, 11) is 0. The van der Waals surface area contributed by atoms with Gasteiger partial charge >= 0.3 is 0 Å². The maximum atomic E-state index is 9.88. The number of unbranched alkanes of at least 4 members (excludes halogenated alkanes) is 4. The summed E-state index contributed by atoms with van der Waals surface area (Å²) in [5, 5.41) is 9.88. The van der Waals surface area contributed by atoms with Crippen LogP contribution in [0.2, 0.25) is 0 Å². The van der Waals surface area contributed by atoms with Crippen LogP contribution in [0.5, 0.6) is 0 Å². The molecule has 0 amide bonds. The third-order valence-corrected chi connectivity index (χ3v) is 1.14. The molecule has 0 N–H and O–H groups in total. The molecule has 2 radical (unpaired) electrons. The average molecular weight is 114 g/mol. The summed E-state index contributed by atoms with van der Waals surface area (Å²) in [4.78, 5) is 0. The van der Waals surface area contributed by atoms with Crippen LogP contribution in [0.15, 0.2) is 0 Å². The first-order chi connectivity index (χ1) is 3.91. The van der Waals surface area contributed by atoms with Gasteiger partial charge in [0, 0.05) is 0 Å². The lowest BCUT2D eigenvalue weighted by Crippen LogP contribution is -1.80. The summed E-state index contributed by atoms with van der Waals surface area (Å²) in [6.45, 7) is 3.80. The zero-order valence-electron chi connectivity index (χ0n) is 5.36. The molecule has 0 saturated heterocycles. The van der Waals surface area contributed by atoms with Crippen LogP contribution in [-0.4, -0.2) is 6.61 Å². The quantitative estimate of drug-likeness (QED) is 0.488. The number of hydrogen-bond acceptors (Lipinski definition) is 0. The largest absolute Gasteiger partial charge is 0.237 e. The van der Waals surface area contributed by atoms with Crippen LogP contribution in [-0.2, 0) is 5.11 Å². The molecule has 0 fully saturated rings. The van der Waals surface area contributed by atoms with E-state index in [0.29, 0.717) is 0 Å². The molecule has 0 bridgehead atoms. The van der Waals surface area contributed by atoms with Gasteiger partial charge in [0.05, 0.1) is 6.61 Å². The summed E-state index contributed by atoms with van der Waals surface area (Å²) in [5.41, 5.74) is 0. The second kappa shape index (κ2) is 6.96. The Morgan fingerprint density at radius 2 is 1.62 bits per heavy atom. The molecule has 0 spiro atoms. The highest BCUT2D eigenvalue weighted by molar-refractivity contribution is 4.43. The summed E-state index contributed by atoms with van der Waals surface area (Å²) in [6, 6.07) is 0. The zero-order chi connectivity index (χ0) is 6.24. The van der Waals surface area contributed by atoms with Gasteiger partial charge in [-0.15, -0.1) is 0 Å². The van der Waals surface area contributed by atoms with Crippen molar-refractivity contribution in [1.82, 2.24) is 0 Å². The Morgan fingerprint density at radius 1 is 1.00 bits per heavy atom. The third-order valence-electron chi connectivity index (χ3n) is 1.14. The molecule has 0 aliphatic carbocycles. The Morgan fingerprint density at radius 3 is 2.12 bits per heavy atom. The number of hydrogen-bond donors (Lipinski definition) is 0. The SMILES string of the molecule is [CH2]CCCCCC[O]. The predicted octanol–water partition coefficient (Wildman–Crippen LogP) is 2.20. The molecule has 0 atom stereocenters. The van der Waals surface area contributed by atoms with Gasteiger partial charge in [-0.2, -0.15) is 0 Å². The Bertz CT molecular complexity index is 29.4. The van der Waals surface area contributed by atoms with E-state index >= 15 is 0 Å². The topological polar surface area (TPSA) is 19.9 Å². The maximum absolute atomic E-state index is 9.88. The van der Waals surface area contributed by atoms with E-state index in [2.05, 4.69) is 6.92 Å². The average Bonchev–Trinajstić information content (AvgIpc) is 1.81. The zero-order valence-corrected chi connectivity index (χ0v) is 5.36. The second-order valence-electron chi connectivity index (χ2n) is 1.97. The monoisotopic (exact) mass is 114 g/mol. The van der Waals surface area contributed by atoms with Crippen LogP contribution in [0.4, 0.5) is 0 Å². The molecule has 0 unspecified atom stereocenters. The smallest absolute Gasteiger partial charge is 0.0822 e. The van der Waals surface area contributed by atoms with Crippen LogP contribution in [0.3, 0.4) is 0 Å². The Labute approximate surface area is 51.7 Å². The van der Waals surface area contributed by atoms with Crippen molar-refractivity contribution in [3.8, 4) is 0 Å². The fourth-order valence-corrected chi connectivity index (χ4v) is 0.632. The van der Waals surface area contributed by atoms with Crippen molar-refractivity contribution in [1.29, 1.82) is 0 Å². The fourth-order valence-electron chi connectivity index (χ4n) is 0.632. The molecule has 1 nitrogen and oxygen atoms in total. The summed E-state index contributed by atoms with van der Waals surface area (Å²) >= 11 is 0. The van der Waals surface area contributed by atoms with Gasteiger partial charge in [0.25, 0.3) is 0 Å². The van der Waals surface area contributed by atoms with Crippen molar-refractivity contribution >= 4 is 0 Å². The molecule has 0 aliphatic rings. The van der Waals surface area contributed by atoms with Crippen molar-refractivity contribution in [2.24, 2.45) is 0 Å². The lowest BCUT2D eigenvalue weighted by atomic mass is 10.2. The van der Waals surface area contributed by atoms with Crippen LogP contribution in [0.25, 0.3) is 0 Å². The predicted molar refractivity (Wildman–Crippen MR) is 34.0 cm³/mol. The minimum absolute atomic E-state index is 0.0944. The minimum atomic E-state index is 0.0944. The molecule has 1 heteroatoms. The highest BCUT2D eigenvalue weighted by Gasteiger charge is 1.84. The highest BCUT2D eigenvalue weighted by Crippen LogP contribution is 2.00. The van der Waals surface area contributed by atoms with E-state index in [-0.39, 0.29) is 6.61 Å². The van der Waals surface area contributed by atoms with Gasteiger partial charge < -0.3 is 0 Å². The lowest BCUT2D eigenvalue weighted by Gasteiger charge is -1.92. The summed E-state index contributed by atoms with van der Waals surface area (Å²) < 4.78 is 0. The molecule has 0 aromatic carbocycles. The summed E-state index contributed by atoms with van der Waals surface area (Å²) in [6.07, 6.45) is 5.32. The Hall–Kier alpha value is -0.0400. The van der Waals surface area contributed by atoms with Crippen molar-refractivity contribution in [2.75, 3.05) is 6.61 Å². The van der Waals surface area contributed by atoms with E-state index in [1.165, 1.54) is 12.8 Å². The molecule has 0 aliphatic heterocycles. The molecular formula is C7H14O. The van der Waals surface area contributed by atoms with E-state index in [9.17, 15) is 5.11 Å². The van der Waals surface area contributed by atoms with Gasteiger partial charge in [-0.05, 0) is 6.42 Å². The lowest BCUT2D eigenvalue weighted by molar-refractivity contribution is 0.186. The first kappa shape index (κ1) is 7.96. The normalized spacial score (nSPS) is 9.75. The molecule has 0 aromatic heterocycles. The maximum Gasteiger partial charge on any atom is 0.0822 e. The van der Waals surface area contributed by atoms with Crippen LogP contribution < -0.4 is 0 Å². The van der Waals surface area contributed by atoms with Crippen molar-refractivity contribution in [3.05, 3.63) is 6.92 Å². The van der Waals surface area contributed by atoms with Gasteiger partial charge in [0.15, 0.2) is 0 Å². The fraction of sp³-hybridized carbons (Fsp3) is 0.857. The molecule has 0 aromatic rings. The standard InChI is InChI=1S/C7H14O/c1-2-3-4-5-6-7-8/h1-7H2. The van der Waals surface area contributed by atoms with Gasteiger partial charge in [-0.25, -0.2) is 5.11 Å². The van der Waals surface area contributed by atoms with E-state index in [0.717, 1.165) is 19.3 Å². The van der Waals surface area contributed by atoms with Crippen molar-refractivity contribution in [3.63, 3.8) is 0 Å². The second-order valence-corrected chi connectivity index (χ2v) is 1.97. The Balaban J connectivity index is 2.53. The first-order valence-corrected chi connectivity index (χ1v) is 3.29. The highest BCUT2D eigenvalue weighted by atomic mass is 16.2. The van der Waals surface area contributed by atoms with E-state index in [4.69, 9.17) is 0 Å². The third kappa shape index (κ3) is 5.96. The molecule has 8 heavy (non-hydrogen) atoms.